The number of carbonyl (C=O) groups is 1. The van der Waals surface area contributed by atoms with Crippen LogP contribution in [0.4, 0.5) is 0 Å². The number of aromatic carboxylic acids is 1. The molecule has 6 heteroatoms. The van der Waals surface area contributed by atoms with Crippen molar-refractivity contribution in [2.75, 3.05) is 6.61 Å². The average Bonchev–Trinajstić information content (AvgIpc) is 2.79. The van der Waals surface area contributed by atoms with E-state index >= 15 is 0 Å². The van der Waals surface area contributed by atoms with Crippen molar-refractivity contribution in [2.24, 2.45) is 0 Å². The lowest BCUT2D eigenvalue weighted by atomic mass is 10.1. The molecule has 1 heterocycles. The number of rotatable bonds is 5. The minimum absolute atomic E-state index is 0.171. The number of hydrogen-bond donors (Lipinski definition) is 2. The predicted molar refractivity (Wildman–Crippen MR) is 79.2 cm³/mol. The van der Waals surface area contributed by atoms with Crippen LogP contribution in [0.5, 0.6) is 5.75 Å². The van der Waals surface area contributed by atoms with Gasteiger partial charge in [-0.15, -0.1) is 0 Å². The Bertz CT molecular complexity index is 637. The lowest BCUT2D eigenvalue weighted by Gasteiger charge is -2.10. The van der Waals surface area contributed by atoms with Gasteiger partial charge >= 0.3 is 5.97 Å². The van der Waals surface area contributed by atoms with E-state index in [0.717, 1.165) is 10.9 Å². The quantitative estimate of drug-likeness (QED) is 0.872. The molecule has 0 aliphatic carbocycles. The van der Waals surface area contributed by atoms with Crippen LogP contribution in [-0.2, 0) is 0 Å². The predicted octanol–water partition coefficient (Wildman–Crippen LogP) is 3.63. The summed E-state index contributed by atoms with van der Waals surface area (Å²) in [5.41, 5.74) is 1.75. The molecule has 0 fully saturated rings. The molecule has 2 rings (SSSR count). The number of nitrogens with zero attached hydrogens (tertiary/aromatic N) is 1. The van der Waals surface area contributed by atoms with Crippen molar-refractivity contribution < 1.29 is 14.6 Å². The zero-order valence-electron chi connectivity index (χ0n) is 11.2. The molecule has 1 aromatic carbocycles. The van der Waals surface area contributed by atoms with Gasteiger partial charge in [0.05, 0.1) is 6.61 Å². The van der Waals surface area contributed by atoms with Crippen molar-refractivity contribution in [3.8, 4) is 17.0 Å². The van der Waals surface area contributed by atoms with Gasteiger partial charge in [-0.25, -0.2) is 4.79 Å². The first-order valence-corrected chi connectivity index (χ1v) is 7.04. The standard InChI is InChI=1S/C14H15BrN2O3/c1-3-6-20-11-5-4-9(15)7-10(11)13-12(14(18)19)8(2)16-17-13/h4-5,7H,3,6H2,1-2H3,(H,16,17)(H,18,19). The molecule has 0 spiro atoms. The Morgan fingerprint density at radius 3 is 2.90 bits per heavy atom. The van der Waals surface area contributed by atoms with E-state index in [2.05, 4.69) is 26.1 Å². The highest BCUT2D eigenvalue weighted by molar-refractivity contribution is 9.10. The fourth-order valence-electron chi connectivity index (χ4n) is 1.91. The fourth-order valence-corrected chi connectivity index (χ4v) is 2.27. The maximum absolute atomic E-state index is 11.4. The van der Waals surface area contributed by atoms with Gasteiger partial charge in [-0.2, -0.15) is 5.10 Å². The third-order valence-corrected chi connectivity index (χ3v) is 3.31. The Morgan fingerprint density at radius 1 is 1.50 bits per heavy atom. The average molecular weight is 339 g/mol. The number of aryl methyl sites for hydroxylation is 1. The highest BCUT2D eigenvalue weighted by Gasteiger charge is 2.21. The second kappa shape index (κ2) is 6.09. The van der Waals surface area contributed by atoms with Crippen molar-refractivity contribution in [2.45, 2.75) is 20.3 Å². The Labute approximate surface area is 125 Å². The summed E-state index contributed by atoms with van der Waals surface area (Å²) >= 11 is 3.39. The van der Waals surface area contributed by atoms with E-state index in [1.165, 1.54) is 0 Å². The van der Waals surface area contributed by atoms with Crippen LogP contribution in [0.25, 0.3) is 11.3 Å². The first-order chi connectivity index (χ1) is 9.54. The normalized spacial score (nSPS) is 10.6. The topological polar surface area (TPSA) is 75.2 Å². The smallest absolute Gasteiger partial charge is 0.339 e. The maximum Gasteiger partial charge on any atom is 0.339 e. The summed E-state index contributed by atoms with van der Waals surface area (Å²) in [6, 6.07) is 5.48. The Morgan fingerprint density at radius 2 is 2.25 bits per heavy atom. The van der Waals surface area contributed by atoms with Crippen molar-refractivity contribution in [1.29, 1.82) is 0 Å². The third kappa shape index (κ3) is 2.85. The molecule has 5 nitrogen and oxygen atoms in total. The summed E-state index contributed by atoms with van der Waals surface area (Å²) in [5, 5.41) is 16.1. The first-order valence-electron chi connectivity index (χ1n) is 6.25. The molecule has 0 bridgehead atoms. The number of carboxylic acid groups (broad SMARTS) is 1. The van der Waals surface area contributed by atoms with Crippen LogP contribution >= 0.6 is 15.9 Å². The molecular weight excluding hydrogens is 324 g/mol. The van der Waals surface area contributed by atoms with Gasteiger partial charge in [-0.05, 0) is 31.5 Å². The Balaban J connectivity index is 2.56. The number of aromatic nitrogens is 2. The number of halogens is 1. The van der Waals surface area contributed by atoms with Crippen LogP contribution in [0.1, 0.15) is 29.4 Å². The number of ether oxygens (including phenoxy) is 1. The van der Waals surface area contributed by atoms with Crippen molar-refractivity contribution in [1.82, 2.24) is 10.2 Å². The molecule has 0 atom stereocenters. The van der Waals surface area contributed by atoms with E-state index in [9.17, 15) is 9.90 Å². The van der Waals surface area contributed by atoms with Crippen molar-refractivity contribution in [3.05, 3.63) is 33.9 Å². The molecule has 20 heavy (non-hydrogen) atoms. The SMILES string of the molecule is CCCOc1ccc(Br)cc1-c1n[nH]c(C)c1C(=O)O. The summed E-state index contributed by atoms with van der Waals surface area (Å²) in [6.07, 6.45) is 0.876. The highest BCUT2D eigenvalue weighted by Crippen LogP contribution is 2.34. The van der Waals surface area contributed by atoms with Gasteiger partial charge in [-0.3, -0.25) is 5.10 Å². The van der Waals surface area contributed by atoms with Gasteiger partial charge in [0.1, 0.15) is 17.0 Å². The van der Waals surface area contributed by atoms with Gasteiger partial charge in [-0.1, -0.05) is 22.9 Å². The van der Waals surface area contributed by atoms with E-state index in [1.807, 2.05) is 25.1 Å². The second-order valence-electron chi connectivity index (χ2n) is 4.37. The minimum Gasteiger partial charge on any atom is -0.493 e. The van der Waals surface area contributed by atoms with Gasteiger partial charge in [0, 0.05) is 15.7 Å². The summed E-state index contributed by atoms with van der Waals surface area (Å²) in [5.74, 6) is -0.378. The van der Waals surface area contributed by atoms with Gasteiger partial charge in [0.25, 0.3) is 0 Å². The molecule has 2 aromatic rings. The molecular formula is C14H15BrN2O3. The van der Waals surface area contributed by atoms with Crippen molar-refractivity contribution >= 4 is 21.9 Å². The Kier molecular flexibility index (Phi) is 4.44. The van der Waals surface area contributed by atoms with E-state index in [4.69, 9.17) is 4.74 Å². The van der Waals surface area contributed by atoms with E-state index < -0.39 is 5.97 Å². The zero-order chi connectivity index (χ0) is 14.7. The van der Waals surface area contributed by atoms with E-state index in [1.54, 1.807) is 6.92 Å². The molecule has 1 aromatic heterocycles. The summed E-state index contributed by atoms with van der Waals surface area (Å²) < 4.78 is 6.51. The molecule has 106 valence electrons. The van der Waals surface area contributed by atoms with Crippen LogP contribution in [0.15, 0.2) is 22.7 Å². The van der Waals surface area contributed by atoms with Crippen LogP contribution in [0, 0.1) is 6.92 Å². The molecule has 2 N–H and O–H groups in total. The summed E-state index contributed by atoms with van der Waals surface area (Å²) in [4.78, 5) is 11.4. The van der Waals surface area contributed by atoms with Crippen LogP contribution in [0.3, 0.4) is 0 Å². The maximum atomic E-state index is 11.4. The fraction of sp³-hybridized carbons (Fsp3) is 0.286. The minimum atomic E-state index is -1.01. The summed E-state index contributed by atoms with van der Waals surface area (Å²) in [7, 11) is 0. The number of H-pyrrole nitrogens is 1. The molecule has 0 aliphatic rings. The first kappa shape index (κ1) is 14.6. The third-order valence-electron chi connectivity index (χ3n) is 2.82. The van der Waals surface area contributed by atoms with Crippen LogP contribution in [0.2, 0.25) is 0 Å². The molecule has 0 radical (unpaired) electrons. The highest BCUT2D eigenvalue weighted by atomic mass is 79.9. The molecule has 0 aliphatic heterocycles. The zero-order valence-corrected chi connectivity index (χ0v) is 12.8. The molecule has 0 unspecified atom stereocenters. The molecule has 0 saturated heterocycles. The van der Waals surface area contributed by atoms with E-state index in [-0.39, 0.29) is 5.56 Å². The number of benzene rings is 1. The molecule has 0 amide bonds. The van der Waals surface area contributed by atoms with Gasteiger partial charge in [0.15, 0.2) is 0 Å². The Hall–Kier alpha value is -1.82. The second-order valence-corrected chi connectivity index (χ2v) is 5.28. The van der Waals surface area contributed by atoms with Crippen molar-refractivity contribution in [3.63, 3.8) is 0 Å². The number of carboxylic acids is 1. The number of nitrogens with one attached hydrogen (secondary N) is 1. The largest absolute Gasteiger partial charge is 0.493 e. The lowest BCUT2D eigenvalue weighted by molar-refractivity contribution is 0.0697. The number of hydrogen-bond acceptors (Lipinski definition) is 3. The van der Waals surface area contributed by atoms with Crippen LogP contribution in [-0.4, -0.2) is 27.9 Å². The number of aromatic amines is 1. The van der Waals surface area contributed by atoms with Gasteiger partial charge in [0.2, 0.25) is 0 Å². The van der Waals surface area contributed by atoms with Gasteiger partial charge < -0.3 is 9.84 Å². The lowest BCUT2D eigenvalue weighted by Crippen LogP contribution is -2.02. The van der Waals surface area contributed by atoms with E-state index in [0.29, 0.717) is 29.3 Å². The molecule has 0 saturated carbocycles. The monoisotopic (exact) mass is 338 g/mol. The summed E-state index contributed by atoms with van der Waals surface area (Å²) in [6.45, 7) is 4.27. The van der Waals surface area contributed by atoms with Crippen LogP contribution < -0.4 is 4.74 Å².